The van der Waals surface area contributed by atoms with Crippen LogP contribution >= 0.6 is 0 Å². The van der Waals surface area contributed by atoms with Gasteiger partial charge in [0.05, 0.1) is 11.3 Å². The second kappa shape index (κ2) is 7.67. The molecule has 3 aromatic rings. The molecule has 28 heavy (non-hydrogen) atoms. The van der Waals surface area contributed by atoms with Crippen LogP contribution in [0.5, 0.6) is 0 Å². The molecule has 2 aliphatic rings. The van der Waals surface area contributed by atoms with Crippen LogP contribution in [0.25, 0.3) is 11.5 Å². The average Bonchev–Trinajstić information content (AvgIpc) is 3.52. The zero-order valence-corrected chi connectivity index (χ0v) is 15.9. The molecule has 0 atom stereocenters. The van der Waals surface area contributed by atoms with Crippen molar-refractivity contribution in [1.29, 1.82) is 0 Å². The third-order valence-electron chi connectivity index (χ3n) is 5.40. The number of pyridine rings is 2. The van der Waals surface area contributed by atoms with Crippen molar-refractivity contribution >= 4 is 5.82 Å². The maximum atomic E-state index is 5.40. The molecule has 1 aliphatic carbocycles. The highest BCUT2D eigenvalue weighted by Crippen LogP contribution is 2.38. The summed E-state index contributed by atoms with van der Waals surface area (Å²) in [7, 11) is 0. The van der Waals surface area contributed by atoms with Crippen LogP contribution in [0.4, 0.5) is 5.82 Å². The van der Waals surface area contributed by atoms with Gasteiger partial charge in [0.25, 0.3) is 5.89 Å². The summed E-state index contributed by atoms with van der Waals surface area (Å²) in [5.41, 5.74) is 2.01. The predicted molar refractivity (Wildman–Crippen MR) is 106 cm³/mol. The van der Waals surface area contributed by atoms with Crippen LogP contribution in [0.3, 0.4) is 0 Å². The summed E-state index contributed by atoms with van der Waals surface area (Å²) in [6, 6.07) is 10.2. The van der Waals surface area contributed by atoms with E-state index in [1.54, 1.807) is 0 Å². The van der Waals surface area contributed by atoms with E-state index >= 15 is 0 Å². The Hall–Kier alpha value is -2.80. The number of hydrogen-bond donors (Lipinski definition) is 0. The van der Waals surface area contributed by atoms with Crippen LogP contribution in [-0.2, 0) is 6.54 Å². The Morgan fingerprint density at radius 2 is 1.96 bits per heavy atom. The molecule has 1 saturated heterocycles. The monoisotopic (exact) mass is 376 g/mol. The highest BCUT2D eigenvalue weighted by Gasteiger charge is 2.29. The molecule has 1 saturated carbocycles. The first kappa shape index (κ1) is 17.3. The predicted octanol–water partition coefficient (Wildman–Crippen LogP) is 3.12. The minimum absolute atomic E-state index is 0.496. The lowest BCUT2D eigenvalue weighted by atomic mass is 10.2. The van der Waals surface area contributed by atoms with Gasteiger partial charge >= 0.3 is 0 Å². The Morgan fingerprint density at radius 3 is 2.75 bits per heavy atom. The molecule has 5 rings (SSSR count). The maximum Gasteiger partial charge on any atom is 0.259 e. The van der Waals surface area contributed by atoms with Crippen molar-refractivity contribution in [2.45, 2.75) is 31.7 Å². The zero-order chi connectivity index (χ0) is 18.8. The summed E-state index contributed by atoms with van der Waals surface area (Å²) in [6.45, 7) is 4.97. The van der Waals surface area contributed by atoms with Gasteiger partial charge in [-0.3, -0.25) is 9.88 Å². The van der Waals surface area contributed by atoms with Crippen LogP contribution < -0.4 is 4.90 Å². The second-order valence-corrected chi connectivity index (χ2v) is 7.57. The number of rotatable bonds is 5. The van der Waals surface area contributed by atoms with Crippen molar-refractivity contribution in [1.82, 2.24) is 25.0 Å². The summed E-state index contributed by atoms with van der Waals surface area (Å²) in [4.78, 5) is 18.4. The third-order valence-corrected chi connectivity index (χ3v) is 5.40. The van der Waals surface area contributed by atoms with Crippen molar-refractivity contribution in [3.05, 3.63) is 54.2 Å². The van der Waals surface area contributed by atoms with Crippen molar-refractivity contribution < 1.29 is 4.52 Å². The number of hydrogen-bond acceptors (Lipinski definition) is 7. The van der Waals surface area contributed by atoms with Crippen LogP contribution in [-0.4, -0.2) is 51.2 Å². The lowest BCUT2D eigenvalue weighted by Crippen LogP contribution is -2.31. The van der Waals surface area contributed by atoms with E-state index in [1.165, 1.54) is 12.8 Å². The molecule has 2 fully saturated rings. The van der Waals surface area contributed by atoms with E-state index in [4.69, 9.17) is 4.52 Å². The van der Waals surface area contributed by atoms with Crippen LogP contribution in [0.1, 0.15) is 36.7 Å². The molecular formula is C21H24N6O. The van der Waals surface area contributed by atoms with Gasteiger partial charge in [-0.15, -0.1) is 0 Å². The lowest BCUT2D eigenvalue weighted by Gasteiger charge is -2.22. The topological polar surface area (TPSA) is 71.2 Å². The van der Waals surface area contributed by atoms with E-state index in [1.807, 2.05) is 24.5 Å². The highest BCUT2D eigenvalue weighted by molar-refractivity contribution is 5.54. The molecule has 0 N–H and O–H groups in total. The molecular weight excluding hydrogens is 352 g/mol. The first-order chi connectivity index (χ1) is 13.8. The van der Waals surface area contributed by atoms with E-state index in [9.17, 15) is 0 Å². The molecule has 0 radical (unpaired) electrons. The molecule has 7 nitrogen and oxygen atoms in total. The molecule has 0 spiro atoms. The average molecular weight is 376 g/mol. The fourth-order valence-electron chi connectivity index (χ4n) is 3.64. The maximum absolute atomic E-state index is 5.40. The smallest absolute Gasteiger partial charge is 0.259 e. The summed E-state index contributed by atoms with van der Waals surface area (Å²) in [5, 5.41) is 4.09. The van der Waals surface area contributed by atoms with Crippen LogP contribution in [0.2, 0.25) is 0 Å². The zero-order valence-electron chi connectivity index (χ0n) is 15.9. The van der Waals surface area contributed by atoms with Gasteiger partial charge in [0.15, 0.2) is 5.82 Å². The fourth-order valence-corrected chi connectivity index (χ4v) is 3.64. The number of aromatic nitrogens is 4. The standard InChI is InChI=1S/C21H24N6O/c1-2-9-22-18(4-1)15-26-10-3-11-27(13-12-26)19-8-7-17(14-23-19)21-24-20(25-28-21)16-5-6-16/h1-2,4,7-9,14,16H,3,5-6,10-13,15H2. The Labute approximate surface area is 164 Å². The number of nitrogens with zero attached hydrogens (tertiary/aromatic N) is 6. The minimum Gasteiger partial charge on any atom is -0.355 e. The van der Waals surface area contributed by atoms with Crippen molar-refractivity contribution in [2.75, 3.05) is 31.1 Å². The quantitative estimate of drug-likeness (QED) is 0.677. The van der Waals surface area contributed by atoms with Gasteiger partial charge in [-0.05, 0) is 43.5 Å². The van der Waals surface area contributed by atoms with Crippen molar-refractivity contribution in [2.24, 2.45) is 0 Å². The highest BCUT2D eigenvalue weighted by atomic mass is 16.5. The van der Waals surface area contributed by atoms with E-state index in [0.717, 1.165) is 62.0 Å². The Kier molecular flexibility index (Phi) is 4.74. The summed E-state index contributed by atoms with van der Waals surface area (Å²) in [5.74, 6) is 2.90. The van der Waals surface area contributed by atoms with Gasteiger partial charge in [0.2, 0.25) is 0 Å². The van der Waals surface area contributed by atoms with Crippen LogP contribution in [0, 0.1) is 0 Å². The number of anilines is 1. The molecule has 0 aromatic carbocycles. The molecule has 0 unspecified atom stereocenters. The van der Waals surface area contributed by atoms with E-state index < -0.39 is 0 Å². The van der Waals surface area contributed by atoms with Crippen LogP contribution in [0.15, 0.2) is 47.2 Å². The van der Waals surface area contributed by atoms with Crippen molar-refractivity contribution in [3.63, 3.8) is 0 Å². The van der Waals surface area contributed by atoms with Gasteiger partial charge < -0.3 is 9.42 Å². The van der Waals surface area contributed by atoms with Gasteiger partial charge in [0, 0.05) is 51.0 Å². The molecule has 144 valence electrons. The fraction of sp³-hybridized carbons (Fsp3) is 0.429. The van der Waals surface area contributed by atoms with Gasteiger partial charge in [-0.1, -0.05) is 11.2 Å². The Morgan fingerprint density at radius 1 is 1.00 bits per heavy atom. The summed E-state index contributed by atoms with van der Waals surface area (Å²) < 4.78 is 5.40. The first-order valence-corrected chi connectivity index (χ1v) is 10.0. The van der Waals surface area contributed by atoms with Gasteiger partial charge in [-0.25, -0.2) is 4.98 Å². The minimum atomic E-state index is 0.496. The molecule has 0 bridgehead atoms. The normalized spacial score (nSPS) is 18.2. The molecule has 3 aromatic heterocycles. The molecule has 0 amide bonds. The van der Waals surface area contributed by atoms with E-state index in [-0.39, 0.29) is 0 Å². The molecule has 4 heterocycles. The Bertz CT molecular complexity index is 906. The first-order valence-electron chi connectivity index (χ1n) is 10.0. The molecule has 1 aliphatic heterocycles. The third kappa shape index (κ3) is 3.89. The van der Waals surface area contributed by atoms with E-state index in [2.05, 4.69) is 48.1 Å². The summed E-state index contributed by atoms with van der Waals surface area (Å²) >= 11 is 0. The Balaban J connectivity index is 1.22. The SMILES string of the molecule is c1ccc(CN2CCCN(c3ccc(-c4nc(C5CC5)no4)cn3)CC2)nc1. The van der Waals surface area contributed by atoms with Gasteiger partial charge in [-0.2, -0.15) is 4.98 Å². The van der Waals surface area contributed by atoms with Crippen molar-refractivity contribution in [3.8, 4) is 11.5 Å². The van der Waals surface area contributed by atoms with E-state index in [0.29, 0.717) is 11.8 Å². The summed E-state index contributed by atoms with van der Waals surface area (Å²) in [6.07, 6.45) is 7.16. The molecule has 7 heteroatoms. The largest absolute Gasteiger partial charge is 0.355 e. The second-order valence-electron chi connectivity index (χ2n) is 7.57. The van der Waals surface area contributed by atoms with Gasteiger partial charge in [0.1, 0.15) is 5.82 Å². The lowest BCUT2D eigenvalue weighted by molar-refractivity contribution is 0.282.